The second-order valence-electron chi connectivity index (χ2n) is 6.53. The van der Waals surface area contributed by atoms with Gasteiger partial charge in [-0.05, 0) is 37.1 Å². The van der Waals surface area contributed by atoms with Gasteiger partial charge in [0.25, 0.3) is 0 Å². The number of imidazole rings is 1. The van der Waals surface area contributed by atoms with Crippen LogP contribution in [0.1, 0.15) is 35.6 Å². The van der Waals surface area contributed by atoms with Gasteiger partial charge < -0.3 is 4.57 Å². The Bertz CT molecular complexity index is 886. The number of allylic oxidation sites excluding steroid dienone is 1. The number of para-hydroxylation sites is 2. The van der Waals surface area contributed by atoms with Gasteiger partial charge >= 0.3 is 0 Å². The van der Waals surface area contributed by atoms with Gasteiger partial charge in [-0.2, -0.15) is 0 Å². The number of ketones is 1. The Morgan fingerprint density at radius 2 is 1.83 bits per heavy atom. The number of fused-ring (bicyclic) bond motifs is 1. The highest BCUT2D eigenvalue weighted by Crippen LogP contribution is 2.19. The molecule has 0 radical (unpaired) electrons. The zero-order chi connectivity index (χ0) is 17.1. The first-order valence-electron chi connectivity index (χ1n) is 8.29. The largest absolute Gasteiger partial charge is 0.324 e. The summed E-state index contributed by atoms with van der Waals surface area (Å²) in [6, 6.07) is 15.7. The molecule has 0 N–H and O–H groups in total. The molecule has 122 valence electrons. The summed E-state index contributed by atoms with van der Waals surface area (Å²) in [4.78, 5) is 17.0. The van der Waals surface area contributed by atoms with E-state index in [0.29, 0.717) is 11.5 Å². The molecule has 0 atom stereocenters. The van der Waals surface area contributed by atoms with Crippen LogP contribution in [0, 0.1) is 12.8 Å². The maximum atomic E-state index is 12.4. The molecule has 3 heteroatoms. The van der Waals surface area contributed by atoms with Gasteiger partial charge in [0.05, 0.1) is 11.0 Å². The first-order chi connectivity index (χ1) is 11.5. The summed E-state index contributed by atoms with van der Waals surface area (Å²) in [7, 11) is 0. The van der Waals surface area contributed by atoms with Crippen molar-refractivity contribution >= 4 is 22.9 Å². The topological polar surface area (TPSA) is 34.9 Å². The molecule has 0 spiro atoms. The van der Waals surface area contributed by atoms with Crippen LogP contribution in [-0.4, -0.2) is 15.3 Å². The van der Waals surface area contributed by atoms with Crippen molar-refractivity contribution in [2.24, 2.45) is 5.92 Å². The zero-order valence-electron chi connectivity index (χ0n) is 14.4. The Morgan fingerprint density at radius 3 is 2.54 bits per heavy atom. The number of hydrogen-bond donors (Lipinski definition) is 0. The van der Waals surface area contributed by atoms with Crippen LogP contribution in [0.15, 0.2) is 54.6 Å². The third-order valence-corrected chi connectivity index (χ3v) is 3.95. The summed E-state index contributed by atoms with van der Waals surface area (Å²) >= 11 is 0. The first kappa shape index (κ1) is 16.2. The molecule has 3 nitrogen and oxygen atoms in total. The first-order valence-corrected chi connectivity index (χ1v) is 8.29. The minimum absolute atomic E-state index is 0.00171. The Hall–Kier alpha value is -2.68. The molecule has 24 heavy (non-hydrogen) atoms. The van der Waals surface area contributed by atoms with E-state index in [1.165, 1.54) is 0 Å². The van der Waals surface area contributed by atoms with Gasteiger partial charge in [0.2, 0.25) is 0 Å². The van der Waals surface area contributed by atoms with Gasteiger partial charge in [0.1, 0.15) is 5.82 Å². The summed E-state index contributed by atoms with van der Waals surface area (Å²) in [5.41, 5.74) is 3.91. The molecule has 0 unspecified atom stereocenters. The number of aromatic nitrogens is 2. The molecular formula is C21H22N2O. The number of aryl methyl sites for hydroxylation is 1. The minimum atomic E-state index is -0.00171. The monoisotopic (exact) mass is 318 g/mol. The van der Waals surface area contributed by atoms with Crippen LogP contribution < -0.4 is 0 Å². The van der Waals surface area contributed by atoms with Crippen LogP contribution in [0.3, 0.4) is 0 Å². The van der Waals surface area contributed by atoms with Crippen LogP contribution in [-0.2, 0) is 6.54 Å². The lowest BCUT2D eigenvalue weighted by atomic mass is 10.1. The van der Waals surface area contributed by atoms with Gasteiger partial charge in [-0.15, -0.1) is 0 Å². The lowest BCUT2D eigenvalue weighted by Crippen LogP contribution is -2.06. The third-order valence-electron chi connectivity index (χ3n) is 3.95. The molecule has 0 amide bonds. The van der Waals surface area contributed by atoms with Gasteiger partial charge in [-0.25, -0.2) is 4.98 Å². The molecule has 2 aromatic carbocycles. The predicted octanol–water partition coefficient (Wildman–Crippen LogP) is 4.90. The average molecular weight is 318 g/mol. The highest BCUT2D eigenvalue weighted by atomic mass is 16.1. The van der Waals surface area contributed by atoms with Crippen LogP contribution in [0.25, 0.3) is 17.1 Å². The van der Waals surface area contributed by atoms with Crippen molar-refractivity contribution in [3.8, 4) is 0 Å². The molecule has 0 saturated carbocycles. The Balaban J connectivity index is 1.93. The van der Waals surface area contributed by atoms with Crippen LogP contribution in [0.4, 0.5) is 0 Å². The fourth-order valence-corrected chi connectivity index (χ4v) is 2.74. The van der Waals surface area contributed by atoms with Crippen molar-refractivity contribution in [1.82, 2.24) is 9.55 Å². The Labute approximate surface area is 142 Å². The van der Waals surface area contributed by atoms with E-state index in [2.05, 4.69) is 29.5 Å². The van der Waals surface area contributed by atoms with Crippen molar-refractivity contribution in [3.05, 3.63) is 71.6 Å². The second-order valence-corrected chi connectivity index (χ2v) is 6.53. The standard InChI is InChI=1S/C21H22N2O/c1-15(2)14-23-19-7-5-4-6-18(19)22-21(23)13-12-20(24)17-10-8-16(3)9-11-17/h4-13,15H,14H2,1-3H3/b13-12+. The molecule has 3 rings (SSSR count). The van der Waals surface area contributed by atoms with E-state index in [4.69, 9.17) is 0 Å². The van der Waals surface area contributed by atoms with Gasteiger partial charge in [0, 0.05) is 12.1 Å². The molecule has 0 fully saturated rings. The number of nitrogens with zero attached hydrogens (tertiary/aromatic N) is 2. The van der Waals surface area contributed by atoms with Gasteiger partial charge in [0.15, 0.2) is 5.78 Å². The van der Waals surface area contributed by atoms with E-state index in [1.807, 2.05) is 55.5 Å². The van der Waals surface area contributed by atoms with Gasteiger partial charge in [-0.3, -0.25) is 4.79 Å². The van der Waals surface area contributed by atoms with E-state index in [9.17, 15) is 4.79 Å². The van der Waals surface area contributed by atoms with Crippen molar-refractivity contribution < 1.29 is 4.79 Å². The zero-order valence-corrected chi connectivity index (χ0v) is 14.4. The van der Waals surface area contributed by atoms with Crippen molar-refractivity contribution in [2.45, 2.75) is 27.3 Å². The lowest BCUT2D eigenvalue weighted by molar-refractivity contribution is 0.104. The van der Waals surface area contributed by atoms with E-state index in [1.54, 1.807) is 6.08 Å². The molecule has 1 heterocycles. The van der Waals surface area contributed by atoms with E-state index in [-0.39, 0.29) is 5.78 Å². The number of rotatable bonds is 5. The van der Waals surface area contributed by atoms with E-state index >= 15 is 0 Å². The fraction of sp³-hybridized carbons (Fsp3) is 0.238. The number of carbonyl (C=O) groups excluding carboxylic acids is 1. The molecule has 1 aromatic heterocycles. The Morgan fingerprint density at radius 1 is 1.12 bits per heavy atom. The second kappa shape index (κ2) is 6.83. The highest BCUT2D eigenvalue weighted by molar-refractivity contribution is 6.06. The maximum absolute atomic E-state index is 12.4. The quantitative estimate of drug-likeness (QED) is 0.495. The molecule has 0 saturated heterocycles. The SMILES string of the molecule is Cc1ccc(C(=O)/C=C/c2nc3ccccc3n2CC(C)C)cc1. The van der Waals surface area contributed by atoms with E-state index in [0.717, 1.165) is 29.0 Å². The summed E-state index contributed by atoms with van der Waals surface area (Å²) in [5.74, 6) is 1.33. The van der Waals surface area contributed by atoms with Gasteiger partial charge in [-0.1, -0.05) is 55.8 Å². The maximum Gasteiger partial charge on any atom is 0.185 e. The average Bonchev–Trinajstić information content (AvgIpc) is 2.90. The van der Waals surface area contributed by atoms with Crippen LogP contribution in [0.2, 0.25) is 0 Å². The third kappa shape index (κ3) is 3.46. The minimum Gasteiger partial charge on any atom is -0.324 e. The molecule has 0 aliphatic rings. The summed E-state index contributed by atoms with van der Waals surface area (Å²) < 4.78 is 2.18. The van der Waals surface area contributed by atoms with Crippen molar-refractivity contribution in [3.63, 3.8) is 0 Å². The molecule has 3 aromatic rings. The van der Waals surface area contributed by atoms with Crippen molar-refractivity contribution in [1.29, 1.82) is 0 Å². The number of benzene rings is 2. The number of hydrogen-bond acceptors (Lipinski definition) is 2. The Kier molecular flexibility index (Phi) is 4.61. The molecule has 0 bridgehead atoms. The molecule has 0 aliphatic carbocycles. The lowest BCUT2D eigenvalue weighted by Gasteiger charge is -2.09. The molecular weight excluding hydrogens is 296 g/mol. The normalized spacial score (nSPS) is 11.7. The summed E-state index contributed by atoms with van der Waals surface area (Å²) in [6.07, 6.45) is 3.44. The predicted molar refractivity (Wildman–Crippen MR) is 99.1 cm³/mol. The van der Waals surface area contributed by atoms with Crippen LogP contribution >= 0.6 is 0 Å². The highest BCUT2D eigenvalue weighted by Gasteiger charge is 2.10. The molecule has 0 aliphatic heterocycles. The summed E-state index contributed by atoms with van der Waals surface area (Å²) in [5, 5.41) is 0. The smallest absolute Gasteiger partial charge is 0.185 e. The van der Waals surface area contributed by atoms with E-state index < -0.39 is 0 Å². The summed E-state index contributed by atoms with van der Waals surface area (Å²) in [6.45, 7) is 7.25. The number of carbonyl (C=O) groups is 1. The fourth-order valence-electron chi connectivity index (χ4n) is 2.74. The van der Waals surface area contributed by atoms with Crippen LogP contribution in [0.5, 0.6) is 0 Å². The van der Waals surface area contributed by atoms with Crippen molar-refractivity contribution in [2.75, 3.05) is 0 Å².